The van der Waals surface area contributed by atoms with Gasteiger partial charge < -0.3 is 16.6 Å². The summed E-state index contributed by atoms with van der Waals surface area (Å²) in [7, 11) is 0. The number of aliphatic hydroxyl groups excluding tert-OH is 1. The predicted molar refractivity (Wildman–Crippen MR) is 36.5 cm³/mol. The van der Waals surface area contributed by atoms with Gasteiger partial charge in [-0.3, -0.25) is 0 Å². The van der Waals surface area contributed by atoms with E-state index in [1.165, 1.54) is 0 Å². The highest BCUT2D eigenvalue weighted by molar-refractivity contribution is 5.98. The molecule has 0 aromatic carbocycles. The van der Waals surface area contributed by atoms with Crippen LogP contribution in [-0.2, 0) is 0 Å². The molecule has 11 heavy (non-hydrogen) atoms. The maximum atomic E-state index is 8.34. The summed E-state index contributed by atoms with van der Waals surface area (Å²) in [6.45, 7) is -0.419. The van der Waals surface area contributed by atoms with Crippen LogP contribution in [0.25, 0.3) is 0 Å². The Balaban J connectivity index is 2.92. The second-order valence-corrected chi connectivity index (χ2v) is 1.68. The number of aliphatic imine (C=N–C) groups is 1. The third-order valence-corrected chi connectivity index (χ3v) is 0.998. The minimum Gasteiger partial charge on any atom is -0.382 e. The van der Waals surface area contributed by atoms with Crippen LogP contribution in [-0.4, -0.2) is 28.0 Å². The van der Waals surface area contributed by atoms with E-state index in [-0.39, 0.29) is 17.3 Å². The second-order valence-electron chi connectivity index (χ2n) is 1.68. The van der Waals surface area contributed by atoms with Crippen LogP contribution in [0.15, 0.2) is 9.62 Å². The molecule has 0 saturated heterocycles. The van der Waals surface area contributed by atoms with Gasteiger partial charge in [0.2, 0.25) is 0 Å². The van der Waals surface area contributed by atoms with Crippen molar-refractivity contribution in [3.05, 3.63) is 5.69 Å². The van der Waals surface area contributed by atoms with E-state index in [1.54, 1.807) is 0 Å². The van der Waals surface area contributed by atoms with E-state index in [2.05, 4.69) is 19.9 Å². The fraction of sp³-hybridized carbons (Fsp3) is 0.250. The van der Waals surface area contributed by atoms with E-state index in [0.717, 1.165) is 0 Å². The quantitative estimate of drug-likeness (QED) is 0.347. The molecule has 0 aliphatic heterocycles. The van der Waals surface area contributed by atoms with Crippen molar-refractivity contribution >= 4 is 11.7 Å². The van der Waals surface area contributed by atoms with E-state index < -0.39 is 6.73 Å². The van der Waals surface area contributed by atoms with Crippen molar-refractivity contribution in [2.24, 2.45) is 10.7 Å². The van der Waals surface area contributed by atoms with Gasteiger partial charge in [-0.2, -0.15) is 0 Å². The van der Waals surface area contributed by atoms with Gasteiger partial charge in [0, 0.05) is 0 Å². The number of nitrogens with two attached hydrogens (primary N) is 2. The Bertz CT molecular complexity index is 267. The van der Waals surface area contributed by atoms with E-state index in [9.17, 15) is 0 Å². The average Bonchev–Trinajstić information content (AvgIpc) is 2.36. The number of anilines is 1. The lowest BCUT2D eigenvalue weighted by Crippen LogP contribution is -2.16. The highest BCUT2D eigenvalue weighted by Gasteiger charge is 2.09. The van der Waals surface area contributed by atoms with Gasteiger partial charge in [-0.25, -0.2) is 9.62 Å². The summed E-state index contributed by atoms with van der Waals surface area (Å²) in [5.41, 5.74) is 10.7. The number of hydrogen-bond donors (Lipinski definition) is 3. The Morgan fingerprint density at radius 3 is 2.82 bits per heavy atom. The lowest BCUT2D eigenvalue weighted by atomic mass is 10.4. The first-order valence-corrected chi connectivity index (χ1v) is 2.75. The standard InChI is InChI=1S/C4H7N5O2/c5-3(7-1-10)2-4(6)9-11-8-2/h10H,1H2,(H2,5,7)(H2,6,9). The maximum absolute atomic E-state index is 8.34. The smallest absolute Gasteiger partial charge is 0.199 e. The topological polar surface area (TPSA) is 124 Å². The summed E-state index contributed by atoms with van der Waals surface area (Å²) >= 11 is 0. The van der Waals surface area contributed by atoms with E-state index in [1.807, 2.05) is 0 Å². The molecule has 0 saturated carbocycles. The zero-order valence-electron chi connectivity index (χ0n) is 5.56. The maximum Gasteiger partial charge on any atom is 0.199 e. The minimum atomic E-state index is -0.419. The molecular formula is C4H7N5O2. The highest BCUT2D eigenvalue weighted by Crippen LogP contribution is 2.02. The van der Waals surface area contributed by atoms with Gasteiger partial charge >= 0.3 is 0 Å². The molecule has 0 radical (unpaired) electrons. The zero-order valence-corrected chi connectivity index (χ0v) is 5.56. The molecule has 0 unspecified atom stereocenters. The van der Waals surface area contributed by atoms with Gasteiger partial charge in [0.05, 0.1) is 0 Å². The Labute approximate surface area is 61.7 Å². The van der Waals surface area contributed by atoms with Crippen LogP contribution >= 0.6 is 0 Å². The number of aliphatic hydroxyl groups is 1. The Morgan fingerprint density at radius 2 is 2.36 bits per heavy atom. The monoisotopic (exact) mass is 157 g/mol. The molecule has 0 atom stereocenters. The van der Waals surface area contributed by atoms with Gasteiger partial charge in [-0.1, -0.05) is 0 Å². The molecule has 0 aliphatic carbocycles. The van der Waals surface area contributed by atoms with Crippen molar-refractivity contribution in [3.63, 3.8) is 0 Å². The Hall–Kier alpha value is -1.63. The van der Waals surface area contributed by atoms with Crippen molar-refractivity contribution in [1.29, 1.82) is 0 Å². The van der Waals surface area contributed by atoms with Crippen LogP contribution in [0.3, 0.4) is 0 Å². The van der Waals surface area contributed by atoms with Gasteiger partial charge in [0.25, 0.3) is 0 Å². The minimum absolute atomic E-state index is 0.00579. The first kappa shape index (κ1) is 7.48. The van der Waals surface area contributed by atoms with Crippen LogP contribution < -0.4 is 11.5 Å². The summed E-state index contributed by atoms with van der Waals surface area (Å²) in [5.74, 6) is 0.0611. The fourth-order valence-corrected chi connectivity index (χ4v) is 0.524. The molecular weight excluding hydrogens is 150 g/mol. The predicted octanol–water partition coefficient (Wildman–Crippen LogP) is -1.69. The summed E-state index contributed by atoms with van der Waals surface area (Å²) in [6.07, 6.45) is 0. The van der Waals surface area contributed by atoms with E-state index in [0.29, 0.717) is 0 Å². The van der Waals surface area contributed by atoms with Crippen molar-refractivity contribution in [2.75, 3.05) is 12.5 Å². The molecule has 0 spiro atoms. The zero-order chi connectivity index (χ0) is 8.27. The summed E-state index contributed by atoms with van der Waals surface area (Å²) in [6, 6.07) is 0. The molecule has 60 valence electrons. The van der Waals surface area contributed by atoms with Gasteiger partial charge in [0.1, 0.15) is 6.73 Å². The van der Waals surface area contributed by atoms with Crippen LogP contribution in [0.1, 0.15) is 5.69 Å². The normalized spacial score (nSPS) is 11.9. The van der Waals surface area contributed by atoms with Crippen molar-refractivity contribution in [2.45, 2.75) is 0 Å². The first-order valence-electron chi connectivity index (χ1n) is 2.75. The van der Waals surface area contributed by atoms with Gasteiger partial charge in [0.15, 0.2) is 17.3 Å². The van der Waals surface area contributed by atoms with Crippen LogP contribution in [0, 0.1) is 0 Å². The summed E-state index contributed by atoms with van der Waals surface area (Å²) in [4.78, 5) is 3.44. The molecule has 7 nitrogen and oxygen atoms in total. The lowest BCUT2D eigenvalue weighted by molar-refractivity contribution is 0.305. The summed E-state index contributed by atoms with van der Waals surface area (Å²) in [5, 5.41) is 15.0. The highest BCUT2D eigenvalue weighted by atomic mass is 16.6. The molecule has 7 heteroatoms. The van der Waals surface area contributed by atoms with Crippen molar-refractivity contribution in [1.82, 2.24) is 10.3 Å². The number of aromatic nitrogens is 2. The number of hydrogen-bond acceptors (Lipinski definition) is 6. The van der Waals surface area contributed by atoms with Crippen LogP contribution in [0.2, 0.25) is 0 Å². The Kier molecular flexibility index (Phi) is 2.02. The van der Waals surface area contributed by atoms with Crippen molar-refractivity contribution < 1.29 is 9.74 Å². The molecule has 1 aromatic heterocycles. The molecule has 0 fully saturated rings. The molecule has 1 heterocycles. The largest absolute Gasteiger partial charge is 0.382 e. The van der Waals surface area contributed by atoms with Crippen LogP contribution in [0.4, 0.5) is 5.82 Å². The van der Waals surface area contributed by atoms with E-state index >= 15 is 0 Å². The Morgan fingerprint density at radius 1 is 1.64 bits per heavy atom. The SMILES string of the molecule is N/C(=N\CO)c1nonc1N. The lowest BCUT2D eigenvalue weighted by Gasteiger charge is -1.91. The van der Waals surface area contributed by atoms with Crippen LogP contribution in [0.5, 0.6) is 0 Å². The second kappa shape index (κ2) is 2.97. The number of nitrogen functional groups attached to an aromatic ring is 1. The van der Waals surface area contributed by atoms with Gasteiger partial charge in [-0.15, -0.1) is 0 Å². The van der Waals surface area contributed by atoms with Crippen molar-refractivity contribution in [3.8, 4) is 0 Å². The fourth-order valence-electron chi connectivity index (χ4n) is 0.524. The number of rotatable bonds is 2. The molecule has 0 aliphatic rings. The molecule has 5 N–H and O–H groups in total. The molecule has 1 rings (SSSR count). The van der Waals surface area contributed by atoms with E-state index in [4.69, 9.17) is 16.6 Å². The molecule has 0 bridgehead atoms. The third kappa shape index (κ3) is 1.44. The number of nitrogens with zero attached hydrogens (tertiary/aromatic N) is 3. The third-order valence-electron chi connectivity index (χ3n) is 0.998. The first-order chi connectivity index (χ1) is 5.25. The molecule has 0 amide bonds. The average molecular weight is 157 g/mol. The molecule has 1 aromatic rings. The van der Waals surface area contributed by atoms with Gasteiger partial charge in [-0.05, 0) is 10.3 Å². The number of amidine groups is 1. The summed E-state index contributed by atoms with van der Waals surface area (Å²) < 4.78 is 4.25.